The van der Waals surface area contributed by atoms with E-state index in [9.17, 15) is 12.9 Å². The molecule has 0 saturated carbocycles. The molecular formula is C5H6BF3KNO. The number of halogens is 3. The van der Waals surface area contributed by atoms with Crippen LogP contribution in [-0.4, -0.2) is 12.0 Å². The van der Waals surface area contributed by atoms with Crippen molar-refractivity contribution in [2.24, 2.45) is 0 Å². The number of hydrogen-bond acceptors (Lipinski definition) is 2. The van der Waals surface area contributed by atoms with Gasteiger partial charge in [0.15, 0.2) is 5.89 Å². The number of hydrogen-bond donors (Lipinski definition) is 0. The molecule has 7 heteroatoms. The Hall–Kier alpha value is 0.701. The van der Waals surface area contributed by atoms with Gasteiger partial charge in [-0.1, -0.05) is 0 Å². The molecule has 12 heavy (non-hydrogen) atoms. The van der Waals surface area contributed by atoms with Gasteiger partial charge in [-0.05, 0) is 6.92 Å². The van der Waals surface area contributed by atoms with Crippen molar-refractivity contribution >= 4 is 12.6 Å². The maximum Gasteiger partial charge on any atom is 1.00 e. The van der Waals surface area contributed by atoms with Gasteiger partial charge in [0.25, 0.3) is 0 Å². The van der Waals surface area contributed by atoms with Crippen LogP contribution >= 0.6 is 0 Å². The summed E-state index contributed by atoms with van der Waals surface area (Å²) in [4.78, 5) is 3.51. The molecule has 0 aromatic carbocycles. The van der Waals surface area contributed by atoms with Gasteiger partial charge in [0.1, 0.15) is 0 Å². The Labute approximate surface area is 110 Å². The molecule has 1 aromatic heterocycles. The number of oxazole rings is 1. The molecule has 0 fully saturated rings. The van der Waals surface area contributed by atoms with Crippen LogP contribution in [0.3, 0.4) is 0 Å². The van der Waals surface area contributed by atoms with Crippen molar-refractivity contribution in [3.8, 4) is 0 Å². The van der Waals surface area contributed by atoms with Gasteiger partial charge < -0.3 is 17.4 Å². The Morgan fingerprint density at radius 2 is 1.75 bits per heavy atom. The molecular weight excluding hydrogens is 197 g/mol. The second kappa shape index (κ2) is 4.28. The van der Waals surface area contributed by atoms with E-state index in [2.05, 4.69) is 9.40 Å². The monoisotopic (exact) mass is 203 g/mol. The van der Waals surface area contributed by atoms with Crippen LogP contribution in [0.15, 0.2) is 4.42 Å². The molecule has 0 spiro atoms. The average Bonchev–Trinajstić information content (AvgIpc) is 2.08. The largest absolute Gasteiger partial charge is 1.00 e. The topological polar surface area (TPSA) is 26.0 Å². The van der Waals surface area contributed by atoms with Crippen molar-refractivity contribution in [3.05, 3.63) is 11.6 Å². The zero-order valence-corrected chi connectivity index (χ0v) is 10.2. The molecule has 1 aromatic rings. The molecule has 1 rings (SSSR count). The van der Waals surface area contributed by atoms with Gasteiger partial charge in [-0.2, -0.15) is 0 Å². The van der Waals surface area contributed by atoms with Gasteiger partial charge in [-0.15, -0.1) is 0 Å². The third-order valence-corrected chi connectivity index (χ3v) is 1.24. The predicted molar refractivity (Wildman–Crippen MR) is 34.7 cm³/mol. The summed E-state index contributed by atoms with van der Waals surface area (Å²) in [6, 6.07) is 0. The Balaban J connectivity index is 0.00000121. The van der Waals surface area contributed by atoms with E-state index in [1.165, 1.54) is 13.8 Å². The van der Waals surface area contributed by atoms with Crippen LogP contribution in [0.4, 0.5) is 12.9 Å². The smallest absolute Gasteiger partial charge is 0.478 e. The SMILES string of the molecule is Cc1nc(C)c([B-](F)(F)F)o1.[K+]. The Bertz CT molecular complexity index is 272. The zero-order valence-electron chi connectivity index (χ0n) is 7.07. The summed E-state index contributed by atoms with van der Waals surface area (Å²) in [6.45, 7) is -2.37. The summed E-state index contributed by atoms with van der Waals surface area (Å²) in [5.74, 6) is 0.0525. The minimum absolute atomic E-state index is 0. The fourth-order valence-electron chi connectivity index (χ4n) is 0.851. The standard InChI is InChI=1S/C5H6BF3NO.K/c1-3-5(6(7,8)9)11-4(2)10-3;/h1-2H3;/q-1;+1. The Kier molecular flexibility index (Phi) is 4.53. The van der Waals surface area contributed by atoms with Gasteiger partial charge in [-0.25, -0.2) is 4.98 Å². The fraction of sp³-hybridized carbons (Fsp3) is 0.400. The third kappa shape index (κ3) is 2.88. The van der Waals surface area contributed by atoms with Crippen LogP contribution in [-0.2, 0) is 0 Å². The number of aromatic nitrogens is 1. The van der Waals surface area contributed by atoms with Crippen LogP contribution in [0.25, 0.3) is 0 Å². The van der Waals surface area contributed by atoms with E-state index < -0.39 is 12.6 Å². The average molecular weight is 203 g/mol. The van der Waals surface area contributed by atoms with Crippen LogP contribution in [0.2, 0.25) is 0 Å². The minimum atomic E-state index is -5.04. The summed E-state index contributed by atoms with van der Waals surface area (Å²) in [7, 11) is 0. The van der Waals surface area contributed by atoms with Crippen LogP contribution in [0.5, 0.6) is 0 Å². The van der Waals surface area contributed by atoms with E-state index in [1.807, 2.05) is 0 Å². The molecule has 0 unspecified atom stereocenters. The van der Waals surface area contributed by atoms with E-state index in [0.717, 1.165) is 0 Å². The second-order valence-electron chi connectivity index (χ2n) is 2.26. The Morgan fingerprint density at radius 3 is 1.92 bits per heavy atom. The maximum atomic E-state index is 12.0. The molecule has 0 bridgehead atoms. The molecule has 0 aliphatic carbocycles. The molecule has 0 aliphatic rings. The van der Waals surface area contributed by atoms with Crippen LogP contribution in [0, 0.1) is 13.8 Å². The van der Waals surface area contributed by atoms with Crippen molar-refractivity contribution in [1.82, 2.24) is 4.98 Å². The molecule has 0 N–H and O–H groups in total. The van der Waals surface area contributed by atoms with E-state index in [4.69, 9.17) is 0 Å². The molecule has 62 valence electrons. The molecule has 1 heterocycles. The molecule has 2 nitrogen and oxygen atoms in total. The van der Waals surface area contributed by atoms with Gasteiger partial charge in [0, 0.05) is 12.6 Å². The van der Waals surface area contributed by atoms with E-state index in [0.29, 0.717) is 0 Å². The molecule has 0 atom stereocenters. The van der Waals surface area contributed by atoms with Crippen molar-refractivity contribution in [2.75, 3.05) is 0 Å². The Morgan fingerprint density at radius 1 is 1.25 bits per heavy atom. The third-order valence-electron chi connectivity index (χ3n) is 1.24. The molecule has 0 aliphatic heterocycles. The van der Waals surface area contributed by atoms with Crippen LogP contribution in [0.1, 0.15) is 11.6 Å². The van der Waals surface area contributed by atoms with E-state index >= 15 is 0 Å². The minimum Gasteiger partial charge on any atom is -0.478 e. The van der Waals surface area contributed by atoms with Crippen LogP contribution < -0.4 is 57.0 Å². The number of aryl methyl sites for hydroxylation is 2. The van der Waals surface area contributed by atoms with Gasteiger partial charge >= 0.3 is 58.4 Å². The molecule has 0 saturated heterocycles. The van der Waals surface area contributed by atoms with Crippen molar-refractivity contribution in [3.63, 3.8) is 0 Å². The normalized spacial score (nSPS) is 11.1. The molecule has 0 radical (unpaired) electrons. The van der Waals surface area contributed by atoms with Gasteiger partial charge in [-0.3, -0.25) is 0 Å². The maximum absolute atomic E-state index is 12.0. The second-order valence-corrected chi connectivity index (χ2v) is 2.26. The number of nitrogens with zero attached hydrogens (tertiary/aromatic N) is 1. The van der Waals surface area contributed by atoms with E-state index in [-0.39, 0.29) is 63.0 Å². The summed E-state index contributed by atoms with van der Waals surface area (Å²) >= 11 is 0. The molecule has 0 amide bonds. The van der Waals surface area contributed by atoms with Crippen molar-refractivity contribution in [2.45, 2.75) is 13.8 Å². The van der Waals surface area contributed by atoms with E-state index in [1.54, 1.807) is 0 Å². The zero-order chi connectivity index (χ0) is 8.65. The first-order valence-electron chi connectivity index (χ1n) is 3.05. The summed E-state index contributed by atoms with van der Waals surface area (Å²) in [5.41, 5.74) is -1.03. The summed E-state index contributed by atoms with van der Waals surface area (Å²) in [6.07, 6.45) is 0. The first-order chi connectivity index (χ1) is 4.91. The quantitative estimate of drug-likeness (QED) is 0.511. The summed E-state index contributed by atoms with van der Waals surface area (Å²) < 4.78 is 40.3. The first kappa shape index (κ1) is 12.7. The van der Waals surface area contributed by atoms with Gasteiger partial charge in [0.2, 0.25) is 0 Å². The first-order valence-corrected chi connectivity index (χ1v) is 3.05. The van der Waals surface area contributed by atoms with Gasteiger partial charge in [0.05, 0.1) is 5.66 Å². The number of rotatable bonds is 1. The predicted octanol–water partition coefficient (Wildman–Crippen LogP) is -1.65. The summed E-state index contributed by atoms with van der Waals surface area (Å²) in [5, 5.41) is 0. The van der Waals surface area contributed by atoms with Crippen molar-refractivity contribution in [1.29, 1.82) is 0 Å². The fourth-order valence-corrected chi connectivity index (χ4v) is 0.851. The van der Waals surface area contributed by atoms with Crippen molar-refractivity contribution < 1.29 is 68.7 Å².